The summed E-state index contributed by atoms with van der Waals surface area (Å²) in [6.45, 7) is 1.90. The summed E-state index contributed by atoms with van der Waals surface area (Å²) in [6, 6.07) is 9.27. The van der Waals surface area contributed by atoms with Gasteiger partial charge in [0.15, 0.2) is 0 Å². The molecule has 7 heteroatoms. The molecule has 0 aromatic heterocycles. The van der Waals surface area contributed by atoms with Crippen LogP contribution in [0.15, 0.2) is 42.5 Å². The van der Waals surface area contributed by atoms with Crippen LogP contribution in [0.2, 0.25) is 0 Å². The molecule has 0 atom stereocenters. The molecule has 0 aliphatic carbocycles. The normalized spacial score (nSPS) is 11.2. The highest BCUT2D eigenvalue weighted by atomic mass is 19.4. The lowest BCUT2D eigenvalue weighted by Crippen LogP contribution is -2.07. The quantitative estimate of drug-likeness (QED) is 0.732. The van der Waals surface area contributed by atoms with Crippen molar-refractivity contribution in [3.63, 3.8) is 0 Å². The monoisotopic (exact) mass is 368 g/mol. The second-order valence-corrected chi connectivity index (χ2v) is 5.58. The van der Waals surface area contributed by atoms with E-state index in [2.05, 4.69) is 0 Å². The maximum Gasteiger partial charge on any atom is 0.416 e. The number of aryl methyl sites for hydroxylation is 1. The number of carbonyl (C=O) groups excluding carboxylic acids is 1. The minimum absolute atomic E-state index is 0.0380. The molecular weight excluding hydrogens is 349 g/mol. The highest BCUT2D eigenvalue weighted by molar-refractivity contribution is 5.69. The van der Waals surface area contributed by atoms with Crippen molar-refractivity contribution >= 4 is 5.97 Å². The number of ether oxygens (including phenoxy) is 2. The van der Waals surface area contributed by atoms with Crippen LogP contribution in [0, 0.1) is 0 Å². The number of phenolic OH excluding ortho intramolecular Hbond substituents is 1. The van der Waals surface area contributed by atoms with E-state index in [0.717, 1.165) is 12.1 Å². The lowest BCUT2D eigenvalue weighted by atomic mass is 10.1. The minimum atomic E-state index is -4.42. The Balaban J connectivity index is 2.09. The van der Waals surface area contributed by atoms with Gasteiger partial charge in [0.2, 0.25) is 0 Å². The van der Waals surface area contributed by atoms with E-state index < -0.39 is 11.7 Å². The Hall–Kier alpha value is -2.70. The van der Waals surface area contributed by atoms with E-state index >= 15 is 0 Å². The number of hydrogen-bond donors (Lipinski definition) is 1. The molecule has 0 aliphatic heterocycles. The molecule has 26 heavy (non-hydrogen) atoms. The molecule has 0 bridgehead atoms. The number of benzene rings is 2. The first-order chi connectivity index (χ1) is 12.3. The van der Waals surface area contributed by atoms with E-state index in [4.69, 9.17) is 9.47 Å². The number of phenols is 1. The third-order valence-corrected chi connectivity index (χ3v) is 3.60. The van der Waals surface area contributed by atoms with Crippen LogP contribution in [0.1, 0.15) is 30.0 Å². The van der Waals surface area contributed by atoms with Gasteiger partial charge in [-0.3, -0.25) is 4.79 Å². The maximum atomic E-state index is 12.8. The fourth-order valence-electron chi connectivity index (χ4n) is 2.35. The van der Waals surface area contributed by atoms with Gasteiger partial charge in [0, 0.05) is 12.5 Å². The largest absolute Gasteiger partial charge is 0.508 e. The van der Waals surface area contributed by atoms with Gasteiger partial charge in [0.05, 0.1) is 12.2 Å². The zero-order valence-electron chi connectivity index (χ0n) is 14.2. The van der Waals surface area contributed by atoms with Crippen LogP contribution >= 0.6 is 0 Å². The molecule has 0 spiro atoms. The molecule has 0 heterocycles. The van der Waals surface area contributed by atoms with Gasteiger partial charge in [-0.2, -0.15) is 13.2 Å². The van der Waals surface area contributed by atoms with Crippen molar-refractivity contribution in [1.29, 1.82) is 0 Å². The van der Waals surface area contributed by atoms with Crippen LogP contribution in [0.3, 0.4) is 0 Å². The van der Waals surface area contributed by atoms with E-state index in [1.807, 2.05) is 0 Å². The van der Waals surface area contributed by atoms with E-state index in [1.54, 1.807) is 13.0 Å². The Morgan fingerprint density at radius 2 is 1.92 bits per heavy atom. The molecule has 2 aromatic carbocycles. The number of halogens is 3. The topological polar surface area (TPSA) is 55.8 Å². The molecule has 1 N–H and O–H groups in total. The minimum Gasteiger partial charge on any atom is -0.508 e. The average Bonchev–Trinajstić information content (AvgIpc) is 2.59. The maximum absolute atomic E-state index is 12.8. The lowest BCUT2D eigenvalue weighted by Gasteiger charge is -2.13. The number of rotatable bonds is 7. The molecule has 0 amide bonds. The van der Waals surface area contributed by atoms with E-state index in [9.17, 15) is 23.1 Å². The van der Waals surface area contributed by atoms with E-state index in [-0.39, 0.29) is 31.4 Å². The Bertz CT molecular complexity index is 757. The standard InChI is InChI=1S/C19H19F3O4/c1-2-25-18(24)9-7-14-6-8-16(23)11-17(14)26-12-13-4-3-5-15(10-13)19(20,21)22/h3-6,8,10-11,23H,2,7,9,12H2,1H3. The molecule has 0 radical (unpaired) electrons. The van der Waals surface area contributed by atoms with Crippen molar-refractivity contribution in [1.82, 2.24) is 0 Å². The van der Waals surface area contributed by atoms with Crippen molar-refractivity contribution < 1.29 is 32.5 Å². The van der Waals surface area contributed by atoms with Crippen molar-refractivity contribution in [2.24, 2.45) is 0 Å². The fraction of sp³-hybridized carbons (Fsp3) is 0.316. The summed E-state index contributed by atoms with van der Waals surface area (Å²) in [5.74, 6) is -0.0833. The zero-order chi connectivity index (χ0) is 19.2. The summed E-state index contributed by atoms with van der Waals surface area (Å²) in [5.41, 5.74) is 0.249. The third kappa shape index (κ3) is 5.68. The van der Waals surface area contributed by atoms with Crippen LogP contribution in [0.4, 0.5) is 13.2 Å². The molecule has 0 saturated heterocycles. The predicted octanol–water partition coefficient (Wildman–Crippen LogP) is 4.49. The third-order valence-electron chi connectivity index (χ3n) is 3.60. The number of esters is 1. The first-order valence-electron chi connectivity index (χ1n) is 8.06. The summed E-state index contributed by atoms with van der Waals surface area (Å²) < 4.78 is 48.8. The van der Waals surface area contributed by atoms with Crippen molar-refractivity contribution in [3.8, 4) is 11.5 Å². The number of carbonyl (C=O) groups is 1. The Kier molecular flexibility index (Phi) is 6.49. The highest BCUT2D eigenvalue weighted by Crippen LogP contribution is 2.30. The molecule has 4 nitrogen and oxygen atoms in total. The first kappa shape index (κ1) is 19.6. The summed E-state index contributed by atoms with van der Waals surface area (Å²) in [7, 11) is 0. The second kappa shape index (κ2) is 8.60. The van der Waals surface area contributed by atoms with Crippen LogP contribution in [0.5, 0.6) is 11.5 Å². The molecule has 0 saturated carbocycles. The van der Waals surface area contributed by atoms with Gasteiger partial charge in [-0.25, -0.2) is 0 Å². The van der Waals surface area contributed by atoms with Gasteiger partial charge in [0.1, 0.15) is 18.1 Å². The second-order valence-electron chi connectivity index (χ2n) is 5.58. The van der Waals surface area contributed by atoms with Gasteiger partial charge in [-0.15, -0.1) is 0 Å². The van der Waals surface area contributed by atoms with Crippen LogP contribution < -0.4 is 4.74 Å². The molecule has 2 aromatic rings. The number of aromatic hydroxyl groups is 1. The summed E-state index contributed by atoms with van der Waals surface area (Å²) >= 11 is 0. The number of alkyl halides is 3. The zero-order valence-corrected chi connectivity index (χ0v) is 14.2. The molecule has 2 rings (SSSR count). The van der Waals surface area contributed by atoms with Crippen molar-refractivity contribution in [2.75, 3.05) is 6.61 Å². The molecule has 0 unspecified atom stereocenters. The average molecular weight is 368 g/mol. The van der Waals surface area contributed by atoms with Crippen molar-refractivity contribution in [3.05, 3.63) is 59.2 Å². The number of hydrogen-bond acceptors (Lipinski definition) is 4. The van der Waals surface area contributed by atoms with Gasteiger partial charge in [-0.05, 0) is 42.7 Å². The van der Waals surface area contributed by atoms with E-state index in [0.29, 0.717) is 23.3 Å². The molecule has 0 aliphatic rings. The summed E-state index contributed by atoms with van der Waals surface area (Å²) in [6.07, 6.45) is -3.96. The van der Waals surface area contributed by atoms with Crippen LogP contribution in [-0.2, 0) is 28.7 Å². The van der Waals surface area contributed by atoms with Gasteiger partial charge >= 0.3 is 12.1 Å². The predicted molar refractivity (Wildman–Crippen MR) is 88.8 cm³/mol. The smallest absolute Gasteiger partial charge is 0.416 e. The van der Waals surface area contributed by atoms with Crippen molar-refractivity contribution in [2.45, 2.75) is 32.5 Å². The SMILES string of the molecule is CCOC(=O)CCc1ccc(O)cc1OCc1cccc(C(F)(F)F)c1. The summed E-state index contributed by atoms with van der Waals surface area (Å²) in [5, 5.41) is 9.63. The van der Waals surface area contributed by atoms with Gasteiger partial charge < -0.3 is 14.6 Å². The molecular formula is C19H19F3O4. The van der Waals surface area contributed by atoms with Gasteiger partial charge in [0.25, 0.3) is 0 Å². The molecule has 0 fully saturated rings. The van der Waals surface area contributed by atoms with Crippen LogP contribution in [-0.4, -0.2) is 17.7 Å². The first-order valence-corrected chi connectivity index (χ1v) is 8.06. The lowest BCUT2D eigenvalue weighted by molar-refractivity contribution is -0.143. The fourth-order valence-corrected chi connectivity index (χ4v) is 2.35. The van der Waals surface area contributed by atoms with Gasteiger partial charge in [-0.1, -0.05) is 18.2 Å². The summed E-state index contributed by atoms with van der Waals surface area (Å²) in [4.78, 5) is 11.5. The highest BCUT2D eigenvalue weighted by Gasteiger charge is 2.30. The Morgan fingerprint density at radius 3 is 2.62 bits per heavy atom. The molecule has 140 valence electrons. The Morgan fingerprint density at radius 1 is 1.15 bits per heavy atom. The Labute approximate surface area is 149 Å². The van der Waals surface area contributed by atoms with Crippen LogP contribution in [0.25, 0.3) is 0 Å². The van der Waals surface area contributed by atoms with E-state index in [1.165, 1.54) is 24.3 Å².